The summed E-state index contributed by atoms with van der Waals surface area (Å²) < 4.78 is 5.59. The van der Waals surface area contributed by atoms with Crippen molar-refractivity contribution in [1.82, 2.24) is 10.4 Å². The van der Waals surface area contributed by atoms with Crippen molar-refractivity contribution in [3.63, 3.8) is 0 Å². The monoisotopic (exact) mass is 281 g/mol. The van der Waals surface area contributed by atoms with Crippen molar-refractivity contribution in [2.24, 2.45) is 5.10 Å². The zero-order valence-corrected chi connectivity index (χ0v) is 11.8. The van der Waals surface area contributed by atoms with E-state index in [-0.39, 0.29) is 5.91 Å². The van der Waals surface area contributed by atoms with Gasteiger partial charge in [-0.3, -0.25) is 4.79 Å². The molecule has 21 heavy (non-hydrogen) atoms. The highest BCUT2D eigenvalue weighted by Crippen LogP contribution is 2.24. The number of rotatable bonds is 3. The summed E-state index contributed by atoms with van der Waals surface area (Å²) in [5, 5.41) is 5.02. The second-order valence-corrected chi connectivity index (χ2v) is 4.77. The number of furan rings is 1. The maximum absolute atomic E-state index is 12.2. The van der Waals surface area contributed by atoms with Gasteiger partial charge in [-0.05, 0) is 32.0 Å². The van der Waals surface area contributed by atoms with Crippen LogP contribution in [-0.2, 0) is 0 Å². The Morgan fingerprint density at radius 2 is 2.05 bits per heavy atom. The number of fused-ring (bicyclic) bond motifs is 1. The molecule has 0 fully saturated rings. The number of amides is 1. The highest BCUT2D eigenvalue weighted by Gasteiger charge is 2.16. The first kappa shape index (κ1) is 13.2. The van der Waals surface area contributed by atoms with Gasteiger partial charge in [0.05, 0.1) is 11.4 Å². The Balaban J connectivity index is 1.84. The van der Waals surface area contributed by atoms with Crippen LogP contribution in [0.2, 0.25) is 0 Å². The fourth-order valence-corrected chi connectivity index (χ4v) is 2.19. The molecule has 106 valence electrons. The van der Waals surface area contributed by atoms with Crippen molar-refractivity contribution in [2.75, 3.05) is 0 Å². The molecule has 0 spiro atoms. The van der Waals surface area contributed by atoms with E-state index in [4.69, 9.17) is 4.42 Å². The number of H-pyrrole nitrogens is 1. The van der Waals surface area contributed by atoms with Gasteiger partial charge in [-0.2, -0.15) is 5.10 Å². The Hall–Kier alpha value is -2.82. The van der Waals surface area contributed by atoms with Crippen molar-refractivity contribution in [2.45, 2.75) is 13.8 Å². The van der Waals surface area contributed by atoms with E-state index in [2.05, 4.69) is 15.5 Å². The van der Waals surface area contributed by atoms with Gasteiger partial charge in [0.2, 0.25) is 0 Å². The number of nitrogens with zero attached hydrogens (tertiary/aromatic N) is 1. The van der Waals surface area contributed by atoms with Crippen LogP contribution in [0.15, 0.2) is 52.1 Å². The molecule has 3 rings (SSSR count). The Bertz CT molecular complexity index is 813. The van der Waals surface area contributed by atoms with Gasteiger partial charge in [0.1, 0.15) is 5.58 Å². The van der Waals surface area contributed by atoms with Crippen LogP contribution in [0.4, 0.5) is 0 Å². The van der Waals surface area contributed by atoms with Crippen LogP contribution < -0.4 is 5.43 Å². The molecule has 2 heterocycles. The smallest absolute Gasteiger partial charge is 0.307 e. The number of aryl methyl sites for hydroxylation is 1. The summed E-state index contributed by atoms with van der Waals surface area (Å²) in [6, 6.07) is 11.3. The molecule has 0 saturated carbocycles. The first-order chi connectivity index (χ1) is 10.2. The minimum absolute atomic E-state index is 0.291. The van der Waals surface area contributed by atoms with Gasteiger partial charge in [0, 0.05) is 17.1 Å². The van der Waals surface area contributed by atoms with Gasteiger partial charge < -0.3 is 9.40 Å². The molecule has 5 nitrogen and oxygen atoms in total. The number of carbonyl (C=O) groups excluding carboxylic acids is 1. The number of nitrogens with one attached hydrogen (secondary N) is 2. The number of carbonyl (C=O) groups is 1. The molecule has 0 bridgehead atoms. The van der Waals surface area contributed by atoms with Crippen molar-refractivity contribution in [3.05, 3.63) is 59.6 Å². The van der Waals surface area contributed by atoms with Gasteiger partial charge in [0.25, 0.3) is 0 Å². The van der Waals surface area contributed by atoms with Crippen molar-refractivity contribution >= 4 is 22.6 Å². The number of aromatic amines is 1. The average molecular weight is 281 g/mol. The van der Waals surface area contributed by atoms with E-state index < -0.39 is 0 Å². The van der Waals surface area contributed by atoms with E-state index in [0.717, 1.165) is 16.6 Å². The molecule has 0 atom stereocenters. The van der Waals surface area contributed by atoms with Gasteiger partial charge in [-0.1, -0.05) is 18.2 Å². The van der Waals surface area contributed by atoms with E-state index in [1.54, 1.807) is 6.20 Å². The maximum atomic E-state index is 12.2. The Labute approximate surface area is 121 Å². The molecule has 0 aliphatic heterocycles. The van der Waals surface area contributed by atoms with E-state index >= 15 is 0 Å². The highest BCUT2D eigenvalue weighted by molar-refractivity contribution is 6.01. The standard InChI is InChI=1S/C16H15N3O2/c1-10-12-6-3-4-8-14(12)21-15(10)16(20)19-18-11(2)13-7-5-9-17-13/h3-9,17H,1-2H3,(H,19,20)/b18-11+. The van der Waals surface area contributed by atoms with Crippen LogP contribution in [0.5, 0.6) is 0 Å². The molecule has 0 aliphatic carbocycles. The summed E-state index contributed by atoms with van der Waals surface area (Å²) in [4.78, 5) is 15.2. The second kappa shape index (κ2) is 5.28. The number of hydrogen-bond acceptors (Lipinski definition) is 3. The lowest BCUT2D eigenvalue weighted by atomic mass is 10.1. The first-order valence-corrected chi connectivity index (χ1v) is 6.63. The molecule has 0 radical (unpaired) electrons. The lowest BCUT2D eigenvalue weighted by molar-refractivity contribution is 0.0928. The first-order valence-electron chi connectivity index (χ1n) is 6.63. The molecular weight excluding hydrogens is 266 g/mol. The lowest BCUT2D eigenvalue weighted by Crippen LogP contribution is -2.19. The summed E-state index contributed by atoms with van der Waals surface area (Å²) in [6.07, 6.45) is 1.81. The number of hydrogen-bond donors (Lipinski definition) is 2. The average Bonchev–Trinajstić information content (AvgIpc) is 3.13. The van der Waals surface area contributed by atoms with Crippen molar-refractivity contribution < 1.29 is 9.21 Å². The molecule has 1 amide bonds. The Kier molecular flexibility index (Phi) is 3.31. The zero-order chi connectivity index (χ0) is 14.8. The summed E-state index contributed by atoms with van der Waals surface area (Å²) in [5.74, 6) is -0.0613. The predicted octanol–water partition coefficient (Wildman–Crippen LogP) is 3.22. The molecule has 0 saturated heterocycles. The molecule has 2 aromatic heterocycles. The van der Waals surface area contributed by atoms with Crippen LogP contribution in [-0.4, -0.2) is 16.6 Å². The summed E-state index contributed by atoms with van der Waals surface area (Å²) >= 11 is 0. The van der Waals surface area contributed by atoms with E-state index in [1.807, 2.05) is 50.2 Å². The number of para-hydroxylation sites is 1. The van der Waals surface area contributed by atoms with Crippen molar-refractivity contribution in [3.8, 4) is 0 Å². The zero-order valence-electron chi connectivity index (χ0n) is 11.8. The SMILES string of the molecule is C/C(=N\NC(=O)c1oc2ccccc2c1C)c1ccc[nH]1. The van der Waals surface area contributed by atoms with Crippen molar-refractivity contribution in [1.29, 1.82) is 0 Å². The van der Waals surface area contributed by atoms with Crippen LogP contribution in [0.25, 0.3) is 11.0 Å². The number of aromatic nitrogens is 1. The fourth-order valence-electron chi connectivity index (χ4n) is 2.19. The number of benzene rings is 1. The topological polar surface area (TPSA) is 70.4 Å². The number of hydrazone groups is 1. The van der Waals surface area contributed by atoms with E-state index in [0.29, 0.717) is 17.1 Å². The molecule has 2 N–H and O–H groups in total. The van der Waals surface area contributed by atoms with Crippen LogP contribution >= 0.6 is 0 Å². The molecule has 1 aromatic carbocycles. The van der Waals surface area contributed by atoms with Crippen LogP contribution in [0.3, 0.4) is 0 Å². The molecule has 0 aliphatic rings. The maximum Gasteiger partial charge on any atom is 0.307 e. The highest BCUT2D eigenvalue weighted by atomic mass is 16.3. The van der Waals surface area contributed by atoms with Gasteiger partial charge >= 0.3 is 5.91 Å². The third-order valence-corrected chi connectivity index (χ3v) is 3.36. The third-order valence-electron chi connectivity index (χ3n) is 3.36. The molecule has 3 aromatic rings. The normalized spacial score (nSPS) is 11.8. The predicted molar refractivity (Wildman–Crippen MR) is 81.4 cm³/mol. The largest absolute Gasteiger partial charge is 0.451 e. The Morgan fingerprint density at radius 3 is 2.76 bits per heavy atom. The second-order valence-electron chi connectivity index (χ2n) is 4.77. The van der Waals surface area contributed by atoms with E-state index in [1.165, 1.54) is 0 Å². The summed E-state index contributed by atoms with van der Waals surface area (Å²) in [7, 11) is 0. The quantitative estimate of drug-likeness (QED) is 0.571. The lowest BCUT2D eigenvalue weighted by Gasteiger charge is -2.00. The summed E-state index contributed by atoms with van der Waals surface area (Å²) in [5.41, 5.74) is 5.59. The van der Waals surface area contributed by atoms with E-state index in [9.17, 15) is 4.79 Å². The van der Waals surface area contributed by atoms with Crippen LogP contribution in [0, 0.1) is 6.92 Å². The molecular formula is C16H15N3O2. The van der Waals surface area contributed by atoms with Gasteiger partial charge in [-0.15, -0.1) is 0 Å². The van der Waals surface area contributed by atoms with Gasteiger partial charge in [0.15, 0.2) is 5.76 Å². The minimum atomic E-state index is -0.352. The molecule has 0 unspecified atom stereocenters. The third kappa shape index (κ3) is 2.45. The van der Waals surface area contributed by atoms with Crippen LogP contribution in [0.1, 0.15) is 28.7 Å². The summed E-state index contributed by atoms with van der Waals surface area (Å²) in [6.45, 7) is 3.68. The molecule has 5 heteroatoms. The minimum Gasteiger partial charge on any atom is -0.451 e. The Morgan fingerprint density at radius 1 is 1.24 bits per heavy atom. The van der Waals surface area contributed by atoms with Gasteiger partial charge in [-0.25, -0.2) is 5.43 Å². The fraction of sp³-hybridized carbons (Fsp3) is 0.125.